The Hall–Kier alpha value is -0.780. The maximum atomic E-state index is 2.29. The maximum Gasteiger partial charge on any atom is -0.0165 e. The molecule has 0 N–H and O–H groups in total. The molecule has 0 bridgehead atoms. The molecule has 0 nitrogen and oxygen atoms in total. The fourth-order valence-corrected chi connectivity index (χ4v) is 1.90. The maximum absolute atomic E-state index is 2.29. The largest absolute Gasteiger partial charge is 0.0654 e. The number of unbranched alkanes of at least 4 members (excludes halogenated alkanes) is 1. The lowest BCUT2D eigenvalue weighted by Gasteiger charge is -2.14. The van der Waals surface area contributed by atoms with Gasteiger partial charge in [-0.1, -0.05) is 56.5 Å². The van der Waals surface area contributed by atoms with E-state index < -0.39 is 0 Å². The second-order valence-electron chi connectivity index (χ2n) is 4.16. The molecule has 0 aliphatic carbocycles. The number of aryl methyl sites for hydroxylation is 1. The Bertz CT molecular complexity index is 245. The Morgan fingerprint density at radius 1 is 1.07 bits per heavy atom. The van der Waals surface area contributed by atoms with Crippen LogP contribution in [0.5, 0.6) is 0 Å². The molecular weight excluding hydrogens is 168 g/mol. The average Bonchev–Trinajstić information content (AvgIpc) is 2.21. The summed E-state index contributed by atoms with van der Waals surface area (Å²) in [5.74, 6) is 0.774. The highest BCUT2D eigenvalue weighted by molar-refractivity contribution is 5.24. The molecule has 0 saturated heterocycles. The highest BCUT2D eigenvalue weighted by Crippen LogP contribution is 2.25. The van der Waals surface area contributed by atoms with Crippen LogP contribution in [0, 0.1) is 6.92 Å². The van der Waals surface area contributed by atoms with Crippen LogP contribution in [0.25, 0.3) is 0 Å². The molecule has 0 heterocycles. The van der Waals surface area contributed by atoms with Crippen LogP contribution in [0.2, 0.25) is 0 Å². The lowest BCUT2D eigenvalue weighted by Crippen LogP contribution is -1.97. The third-order valence-corrected chi connectivity index (χ3v) is 2.95. The van der Waals surface area contributed by atoms with Crippen molar-refractivity contribution < 1.29 is 0 Å². The van der Waals surface area contributed by atoms with Gasteiger partial charge < -0.3 is 0 Å². The summed E-state index contributed by atoms with van der Waals surface area (Å²) in [6, 6.07) is 9.03. The van der Waals surface area contributed by atoms with E-state index in [1.54, 1.807) is 0 Å². The van der Waals surface area contributed by atoms with Gasteiger partial charge in [-0.2, -0.15) is 0 Å². The van der Waals surface area contributed by atoms with Crippen LogP contribution in [0.15, 0.2) is 24.3 Å². The van der Waals surface area contributed by atoms with Crippen LogP contribution in [0.1, 0.15) is 56.6 Å². The van der Waals surface area contributed by atoms with Crippen molar-refractivity contribution in [3.63, 3.8) is 0 Å². The van der Waals surface area contributed by atoms with E-state index in [1.165, 1.54) is 36.8 Å². The van der Waals surface area contributed by atoms with Gasteiger partial charge in [0.25, 0.3) is 0 Å². The van der Waals surface area contributed by atoms with Gasteiger partial charge in [0.2, 0.25) is 0 Å². The van der Waals surface area contributed by atoms with Crippen LogP contribution in [-0.2, 0) is 0 Å². The van der Waals surface area contributed by atoms with E-state index in [1.807, 2.05) is 0 Å². The van der Waals surface area contributed by atoms with Crippen molar-refractivity contribution >= 4 is 0 Å². The second kappa shape index (κ2) is 5.85. The molecule has 1 aromatic carbocycles. The number of rotatable bonds is 5. The van der Waals surface area contributed by atoms with Gasteiger partial charge in [0.1, 0.15) is 0 Å². The predicted molar refractivity (Wildman–Crippen MR) is 63.7 cm³/mol. The minimum Gasteiger partial charge on any atom is -0.0654 e. The Balaban J connectivity index is 2.64. The monoisotopic (exact) mass is 190 g/mol. The average molecular weight is 190 g/mol. The first-order valence-corrected chi connectivity index (χ1v) is 5.84. The number of hydrogen-bond acceptors (Lipinski definition) is 0. The molecule has 1 unspecified atom stereocenters. The van der Waals surface area contributed by atoms with E-state index in [9.17, 15) is 0 Å². The molecule has 0 amide bonds. The molecule has 1 aromatic rings. The van der Waals surface area contributed by atoms with Crippen molar-refractivity contribution in [1.29, 1.82) is 0 Å². The minimum atomic E-state index is 0.774. The molecule has 0 heteroatoms. The summed E-state index contributed by atoms with van der Waals surface area (Å²) in [6.45, 7) is 6.71. The molecule has 0 aliphatic heterocycles. The van der Waals surface area contributed by atoms with Crippen molar-refractivity contribution in [3.05, 3.63) is 35.4 Å². The summed E-state index contributed by atoms with van der Waals surface area (Å²) in [7, 11) is 0. The van der Waals surface area contributed by atoms with Gasteiger partial charge in [-0.15, -0.1) is 0 Å². The normalized spacial score (nSPS) is 12.8. The van der Waals surface area contributed by atoms with Gasteiger partial charge in [0, 0.05) is 0 Å². The van der Waals surface area contributed by atoms with E-state index in [4.69, 9.17) is 0 Å². The van der Waals surface area contributed by atoms with Gasteiger partial charge in [-0.25, -0.2) is 0 Å². The Morgan fingerprint density at radius 3 is 2.21 bits per heavy atom. The fraction of sp³-hybridized carbons (Fsp3) is 0.571. The Kier molecular flexibility index (Phi) is 4.72. The van der Waals surface area contributed by atoms with Crippen molar-refractivity contribution in [2.45, 2.75) is 52.4 Å². The van der Waals surface area contributed by atoms with Gasteiger partial charge in [-0.3, -0.25) is 0 Å². The summed E-state index contributed by atoms with van der Waals surface area (Å²) in [4.78, 5) is 0. The van der Waals surface area contributed by atoms with E-state index in [-0.39, 0.29) is 0 Å². The Labute approximate surface area is 88.4 Å². The first-order valence-electron chi connectivity index (χ1n) is 5.84. The van der Waals surface area contributed by atoms with Crippen molar-refractivity contribution in [3.8, 4) is 0 Å². The summed E-state index contributed by atoms with van der Waals surface area (Å²) < 4.78 is 0. The molecule has 0 spiro atoms. The van der Waals surface area contributed by atoms with Crippen LogP contribution >= 0.6 is 0 Å². The van der Waals surface area contributed by atoms with E-state index in [0.29, 0.717) is 0 Å². The third kappa shape index (κ3) is 3.17. The first kappa shape index (κ1) is 11.3. The number of benzene rings is 1. The van der Waals surface area contributed by atoms with Gasteiger partial charge >= 0.3 is 0 Å². The van der Waals surface area contributed by atoms with E-state index in [2.05, 4.69) is 45.0 Å². The van der Waals surface area contributed by atoms with Crippen LogP contribution in [-0.4, -0.2) is 0 Å². The van der Waals surface area contributed by atoms with Gasteiger partial charge in [0.05, 0.1) is 0 Å². The molecule has 1 atom stereocenters. The second-order valence-corrected chi connectivity index (χ2v) is 4.16. The minimum absolute atomic E-state index is 0.774. The van der Waals surface area contributed by atoms with E-state index >= 15 is 0 Å². The molecule has 1 rings (SSSR count). The zero-order valence-corrected chi connectivity index (χ0v) is 9.72. The highest BCUT2D eigenvalue weighted by atomic mass is 14.1. The van der Waals surface area contributed by atoms with E-state index in [0.717, 1.165) is 5.92 Å². The molecular formula is C14H22. The molecule has 0 radical (unpaired) electrons. The summed E-state index contributed by atoms with van der Waals surface area (Å²) >= 11 is 0. The summed E-state index contributed by atoms with van der Waals surface area (Å²) in [5, 5.41) is 0. The molecule has 0 aromatic heterocycles. The van der Waals surface area contributed by atoms with Gasteiger partial charge in [0.15, 0.2) is 0 Å². The fourth-order valence-electron chi connectivity index (χ4n) is 1.90. The predicted octanol–water partition coefficient (Wildman–Crippen LogP) is 4.68. The standard InChI is InChI=1S/C14H22/c1-4-6-7-13(5-2)14-10-8-12(3)9-11-14/h8-11,13H,4-7H2,1-3H3. The van der Waals surface area contributed by atoms with Crippen LogP contribution in [0.3, 0.4) is 0 Å². The lowest BCUT2D eigenvalue weighted by atomic mass is 9.91. The SMILES string of the molecule is CCCCC(CC)c1ccc(C)cc1. The number of hydrogen-bond donors (Lipinski definition) is 0. The molecule has 0 saturated carbocycles. The van der Waals surface area contributed by atoms with Crippen molar-refractivity contribution in [2.24, 2.45) is 0 Å². The topological polar surface area (TPSA) is 0 Å². The lowest BCUT2D eigenvalue weighted by molar-refractivity contribution is 0.569. The summed E-state index contributed by atoms with van der Waals surface area (Å²) in [6.07, 6.45) is 5.27. The molecule has 14 heavy (non-hydrogen) atoms. The third-order valence-electron chi connectivity index (χ3n) is 2.95. The van der Waals surface area contributed by atoms with Crippen LogP contribution < -0.4 is 0 Å². The summed E-state index contributed by atoms with van der Waals surface area (Å²) in [5.41, 5.74) is 2.88. The van der Waals surface area contributed by atoms with Crippen molar-refractivity contribution in [1.82, 2.24) is 0 Å². The smallest absolute Gasteiger partial charge is 0.0165 e. The molecule has 0 aliphatic rings. The molecule has 78 valence electrons. The Morgan fingerprint density at radius 2 is 1.71 bits per heavy atom. The van der Waals surface area contributed by atoms with Gasteiger partial charge in [-0.05, 0) is 31.2 Å². The van der Waals surface area contributed by atoms with Crippen LogP contribution in [0.4, 0.5) is 0 Å². The molecule has 0 fully saturated rings. The quantitative estimate of drug-likeness (QED) is 0.632. The highest BCUT2D eigenvalue weighted by Gasteiger charge is 2.07. The zero-order valence-electron chi connectivity index (χ0n) is 9.72. The zero-order chi connectivity index (χ0) is 10.4. The first-order chi connectivity index (χ1) is 6.77. The van der Waals surface area contributed by atoms with Crippen molar-refractivity contribution in [2.75, 3.05) is 0 Å².